The molecule has 0 aliphatic carbocycles. The lowest BCUT2D eigenvalue weighted by atomic mass is 9.85. The van der Waals surface area contributed by atoms with Crippen molar-refractivity contribution in [2.24, 2.45) is 0 Å². The van der Waals surface area contributed by atoms with E-state index in [0.717, 1.165) is 12.1 Å². The van der Waals surface area contributed by atoms with Gasteiger partial charge in [0.25, 0.3) is 5.91 Å². The van der Waals surface area contributed by atoms with Crippen molar-refractivity contribution in [1.29, 1.82) is 0 Å². The maximum atomic E-state index is 13.2. The molecule has 5 nitrogen and oxygen atoms in total. The van der Waals surface area contributed by atoms with Gasteiger partial charge in [-0.05, 0) is 42.3 Å². The lowest BCUT2D eigenvalue weighted by molar-refractivity contribution is -0.137. The van der Waals surface area contributed by atoms with Gasteiger partial charge >= 0.3 is 12.3 Å². The monoisotopic (exact) mass is 552 g/mol. The third kappa shape index (κ3) is 5.32. The minimum absolute atomic E-state index is 0.0991. The van der Waals surface area contributed by atoms with Crippen molar-refractivity contribution in [3.05, 3.63) is 67.6 Å². The molecule has 0 aromatic heterocycles. The summed E-state index contributed by atoms with van der Waals surface area (Å²) in [6.45, 7) is 0.281. The molecule has 2 amide bonds. The summed E-state index contributed by atoms with van der Waals surface area (Å²) in [6, 6.07) is 7.48. The highest BCUT2D eigenvalue weighted by Gasteiger charge is 2.38. The average molecular weight is 554 g/mol. The van der Waals surface area contributed by atoms with E-state index in [9.17, 15) is 27.9 Å². The van der Waals surface area contributed by atoms with Gasteiger partial charge in [-0.2, -0.15) is 13.2 Å². The highest BCUT2D eigenvalue weighted by Crippen LogP contribution is 2.36. The summed E-state index contributed by atoms with van der Waals surface area (Å²) in [6.07, 6.45) is -5.39. The van der Waals surface area contributed by atoms with E-state index in [-0.39, 0.29) is 28.1 Å². The molecule has 2 aromatic rings. The lowest BCUT2D eigenvalue weighted by Gasteiger charge is -2.42. The van der Waals surface area contributed by atoms with E-state index >= 15 is 0 Å². The number of hydrogen-bond donors (Lipinski definition) is 1. The molecule has 172 valence electrons. The maximum absolute atomic E-state index is 13.2. The maximum Gasteiger partial charge on any atom is 0.416 e. The standard InChI is InChI=1S/C21H18BrCl2F3N2O3/c1-28(19(30)12-6-13(21(25,26)27)9-14(22)7-12)18-4-5-29(20(31)32)10-15(18)11-2-3-16(23)17(24)8-11/h2-3,6-9,15,18H,4-5,10H2,1H3,(H,31,32). The molecule has 2 atom stereocenters. The highest BCUT2D eigenvalue weighted by molar-refractivity contribution is 9.10. The summed E-state index contributed by atoms with van der Waals surface area (Å²) in [5.74, 6) is -1.05. The molecule has 1 saturated heterocycles. The third-order valence-electron chi connectivity index (χ3n) is 5.51. The molecule has 32 heavy (non-hydrogen) atoms. The summed E-state index contributed by atoms with van der Waals surface area (Å²) in [4.78, 5) is 27.3. The fraction of sp³-hybridized carbons (Fsp3) is 0.333. The molecule has 2 unspecified atom stereocenters. The second kappa shape index (κ2) is 9.49. The number of likely N-dealkylation sites (N-methyl/N-ethyl adjacent to an activating group) is 1. The quantitative estimate of drug-likeness (QED) is 0.479. The minimum Gasteiger partial charge on any atom is -0.465 e. The zero-order valence-electron chi connectivity index (χ0n) is 16.7. The molecule has 1 N–H and O–H groups in total. The van der Waals surface area contributed by atoms with Gasteiger partial charge in [-0.3, -0.25) is 4.79 Å². The molecular formula is C21H18BrCl2F3N2O3. The number of nitrogens with zero attached hydrogens (tertiary/aromatic N) is 2. The highest BCUT2D eigenvalue weighted by atomic mass is 79.9. The van der Waals surface area contributed by atoms with Crippen LogP contribution < -0.4 is 0 Å². The van der Waals surface area contributed by atoms with Crippen LogP contribution in [-0.4, -0.2) is 53.1 Å². The number of carbonyl (C=O) groups excluding carboxylic acids is 1. The number of likely N-dealkylation sites (tertiary alicyclic amines) is 1. The van der Waals surface area contributed by atoms with Crippen LogP contribution in [0.15, 0.2) is 40.9 Å². The minimum atomic E-state index is -4.60. The number of halogens is 6. The van der Waals surface area contributed by atoms with Crippen molar-refractivity contribution in [1.82, 2.24) is 9.80 Å². The first-order chi connectivity index (χ1) is 14.9. The van der Waals surface area contributed by atoms with Gasteiger partial charge in [0.15, 0.2) is 0 Å². The molecule has 0 bridgehead atoms. The summed E-state index contributed by atoms with van der Waals surface area (Å²) in [7, 11) is 1.50. The summed E-state index contributed by atoms with van der Waals surface area (Å²) in [5, 5.41) is 10.1. The van der Waals surface area contributed by atoms with Crippen LogP contribution in [0.25, 0.3) is 0 Å². The van der Waals surface area contributed by atoms with E-state index in [1.165, 1.54) is 22.9 Å². The molecule has 1 aliphatic heterocycles. The lowest BCUT2D eigenvalue weighted by Crippen LogP contribution is -2.51. The number of alkyl halides is 3. The van der Waals surface area contributed by atoms with Crippen LogP contribution in [0.5, 0.6) is 0 Å². The molecule has 3 rings (SSSR count). The molecule has 1 fully saturated rings. The van der Waals surface area contributed by atoms with Gasteiger partial charge in [-0.15, -0.1) is 0 Å². The summed E-state index contributed by atoms with van der Waals surface area (Å²) < 4.78 is 39.8. The van der Waals surface area contributed by atoms with Crippen LogP contribution in [0, 0.1) is 0 Å². The van der Waals surface area contributed by atoms with E-state index in [1.807, 2.05) is 0 Å². The van der Waals surface area contributed by atoms with E-state index in [2.05, 4.69) is 15.9 Å². The topological polar surface area (TPSA) is 60.9 Å². The van der Waals surface area contributed by atoms with Crippen LogP contribution in [0.3, 0.4) is 0 Å². The Kier molecular flexibility index (Phi) is 7.31. The summed E-state index contributed by atoms with van der Waals surface area (Å²) >= 11 is 15.2. The van der Waals surface area contributed by atoms with E-state index in [0.29, 0.717) is 17.0 Å². The smallest absolute Gasteiger partial charge is 0.416 e. The average Bonchev–Trinajstić information content (AvgIpc) is 2.73. The molecule has 2 aromatic carbocycles. The van der Waals surface area contributed by atoms with Gasteiger partial charge < -0.3 is 14.9 Å². The number of amides is 2. The number of piperidine rings is 1. The van der Waals surface area contributed by atoms with Crippen LogP contribution in [-0.2, 0) is 6.18 Å². The first kappa shape index (κ1) is 24.7. The third-order valence-corrected chi connectivity index (χ3v) is 6.71. The zero-order valence-corrected chi connectivity index (χ0v) is 19.8. The zero-order chi connectivity index (χ0) is 23.8. The van der Waals surface area contributed by atoms with E-state index in [1.54, 1.807) is 18.2 Å². The van der Waals surface area contributed by atoms with Gasteiger partial charge in [0, 0.05) is 42.1 Å². The Bertz CT molecular complexity index is 1050. The number of benzene rings is 2. The first-order valence-electron chi connectivity index (χ1n) is 9.46. The van der Waals surface area contributed by atoms with Crippen LogP contribution in [0.4, 0.5) is 18.0 Å². The molecular weight excluding hydrogens is 536 g/mol. The van der Waals surface area contributed by atoms with Gasteiger partial charge in [0.2, 0.25) is 0 Å². The normalized spacial score (nSPS) is 19.0. The van der Waals surface area contributed by atoms with Gasteiger partial charge in [0.05, 0.1) is 15.6 Å². The number of rotatable bonds is 3. The summed E-state index contributed by atoms with van der Waals surface area (Å²) in [5.41, 5.74) is -0.381. The molecule has 1 heterocycles. The van der Waals surface area contributed by atoms with Crippen molar-refractivity contribution in [3.63, 3.8) is 0 Å². The van der Waals surface area contributed by atoms with Crippen molar-refractivity contribution in [2.45, 2.75) is 24.6 Å². The molecule has 11 heteroatoms. The van der Waals surface area contributed by atoms with Crippen molar-refractivity contribution in [2.75, 3.05) is 20.1 Å². The Hall–Kier alpha value is -1.97. The van der Waals surface area contributed by atoms with E-state index < -0.39 is 35.7 Å². The Morgan fingerprint density at radius 3 is 2.44 bits per heavy atom. The number of carbonyl (C=O) groups is 2. The Morgan fingerprint density at radius 1 is 1.16 bits per heavy atom. The van der Waals surface area contributed by atoms with Crippen LogP contribution in [0.2, 0.25) is 10.0 Å². The molecule has 0 saturated carbocycles. The second-order valence-corrected chi connectivity index (χ2v) is 9.24. The second-order valence-electron chi connectivity index (χ2n) is 7.51. The fourth-order valence-electron chi connectivity index (χ4n) is 3.88. The number of carboxylic acid groups (broad SMARTS) is 1. The Balaban J connectivity index is 1.96. The number of hydrogen-bond acceptors (Lipinski definition) is 2. The Labute approximate surface area is 200 Å². The van der Waals surface area contributed by atoms with Gasteiger partial charge in [0.1, 0.15) is 0 Å². The first-order valence-corrected chi connectivity index (χ1v) is 11.0. The van der Waals surface area contributed by atoms with Crippen LogP contribution in [0.1, 0.15) is 33.8 Å². The van der Waals surface area contributed by atoms with Crippen LogP contribution >= 0.6 is 39.1 Å². The van der Waals surface area contributed by atoms with Gasteiger partial charge in [-0.1, -0.05) is 45.2 Å². The molecule has 1 aliphatic rings. The Morgan fingerprint density at radius 2 is 1.84 bits per heavy atom. The van der Waals surface area contributed by atoms with Gasteiger partial charge in [-0.25, -0.2) is 4.79 Å². The SMILES string of the molecule is CN(C(=O)c1cc(Br)cc(C(F)(F)F)c1)C1CCN(C(=O)O)CC1c1ccc(Cl)c(Cl)c1. The van der Waals surface area contributed by atoms with E-state index in [4.69, 9.17) is 23.2 Å². The van der Waals surface area contributed by atoms with Crippen molar-refractivity contribution < 1.29 is 27.9 Å². The fourth-order valence-corrected chi connectivity index (χ4v) is 4.68. The van der Waals surface area contributed by atoms with Crippen molar-refractivity contribution >= 4 is 51.1 Å². The molecule has 0 radical (unpaired) electrons. The predicted molar refractivity (Wildman–Crippen MR) is 118 cm³/mol. The van der Waals surface area contributed by atoms with Crippen molar-refractivity contribution in [3.8, 4) is 0 Å². The predicted octanol–water partition coefficient (Wildman–Crippen LogP) is 6.38. The molecule has 0 spiro atoms. The largest absolute Gasteiger partial charge is 0.465 e.